The maximum Gasteiger partial charge on any atom is 0.153 e. The summed E-state index contributed by atoms with van der Waals surface area (Å²) >= 11 is 1.91. The van der Waals surface area contributed by atoms with Gasteiger partial charge in [-0.3, -0.25) is 4.79 Å². The highest BCUT2D eigenvalue weighted by molar-refractivity contribution is 7.98. The van der Waals surface area contributed by atoms with Crippen LogP contribution in [0.25, 0.3) is 11.0 Å². The molecular weight excluding hydrogens is 508 g/mol. The first-order chi connectivity index (χ1) is 17.7. The maximum atomic E-state index is 11.1. The van der Waals surface area contributed by atoms with Gasteiger partial charge in [0.05, 0.1) is 29.5 Å². The second-order valence-electron chi connectivity index (χ2n) is 8.78. The summed E-state index contributed by atoms with van der Waals surface area (Å²) in [5.41, 5.74) is 5.36. The Bertz CT molecular complexity index is 1240. The second kappa shape index (κ2) is 14.9. The van der Waals surface area contributed by atoms with E-state index in [0.717, 1.165) is 47.7 Å². The summed E-state index contributed by atoms with van der Waals surface area (Å²) in [4.78, 5) is 19.5. The van der Waals surface area contributed by atoms with E-state index in [0.29, 0.717) is 30.3 Å². The number of aliphatic hydroxyl groups is 1. The van der Waals surface area contributed by atoms with Gasteiger partial charge in [0.1, 0.15) is 18.6 Å². The lowest BCUT2D eigenvalue weighted by atomic mass is 10.1. The van der Waals surface area contributed by atoms with E-state index >= 15 is 0 Å². The quantitative estimate of drug-likeness (QED) is 0.299. The number of rotatable bonds is 9. The molecular formula is C28H33ClN4O3S. The van der Waals surface area contributed by atoms with Crippen molar-refractivity contribution in [2.24, 2.45) is 5.92 Å². The first-order valence-corrected chi connectivity index (χ1v) is 13.2. The smallest absolute Gasteiger partial charge is 0.153 e. The lowest BCUT2D eigenvalue weighted by molar-refractivity contribution is 0.0666. The average Bonchev–Trinajstić information content (AvgIpc) is 3.49. The molecule has 2 atom stereocenters. The molecule has 5 rings (SSSR count). The Labute approximate surface area is 228 Å². The number of thioether (sulfide) groups is 1. The van der Waals surface area contributed by atoms with E-state index in [9.17, 15) is 9.90 Å². The molecule has 1 fully saturated rings. The molecule has 196 valence electrons. The minimum absolute atomic E-state index is 0. The zero-order valence-electron chi connectivity index (χ0n) is 20.8. The predicted molar refractivity (Wildman–Crippen MR) is 151 cm³/mol. The third-order valence-corrected chi connectivity index (χ3v) is 7.28. The number of β-amino-alcohol motifs (C(OH)–C–C–N with tert-alkyl or cyclic N) is 1. The summed E-state index contributed by atoms with van der Waals surface area (Å²) < 4.78 is 7.59. The zero-order valence-corrected chi connectivity index (χ0v) is 22.5. The second-order valence-corrected chi connectivity index (χ2v) is 9.81. The van der Waals surface area contributed by atoms with Crippen LogP contribution >= 0.6 is 24.2 Å². The van der Waals surface area contributed by atoms with Gasteiger partial charge in [-0.25, -0.2) is 9.97 Å². The molecule has 0 aliphatic carbocycles. The normalized spacial score (nSPS) is 16.6. The fourth-order valence-electron chi connectivity index (χ4n) is 4.13. The van der Waals surface area contributed by atoms with Crippen molar-refractivity contribution >= 4 is 41.5 Å². The van der Waals surface area contributed by atoms with Gasteiger partial charge < -0.3 is 19.7 Å². The summed E-state index contributed by atoms with van der Waals surface area (Å²) in [6, 6.07) is 20.4. The molecule has 0 spiro atoms. The van der Waals surface area contributed by atoms with Crippen molar-refractivity contribution in [3.8, 4) is 0 Å². The molecule has 7 nitrogen and oxygen atoms in total. The Morgan fingerprint density at radius 3 is 2.43 bits per heavy atom. The maximum absolute atomic E-state index is 11.1. The minimum Gasteiger partial charge on any atom is -0.391 e. The topological polar surface area (TPSA) is 89.3 Å². The fraction of sp³-hybridized carbons (Fsp3) is 0.321. The Kier molecular flexibility index (Phi) is 11.6. The third-order valence-electron chi connectivity index (χ3n) is 6.08. The number of carbonyl (C=O) groups is 1. The Hall–Kier alpha value is -2.75. The summed E-state index contributed by atoms with van der Waals surface area (Å²) in [5.74, 6) is 2.52. The van der Waals surface area contributed by atoms with Crippen molar-refractivity contribution < 1.29 is 14.6 Å². The van der Waals surface area contributed by atoms with Crippen LogP contribution in [-0.4, -0.2) is 50.9 Å². The van der Waals surface area contributed by atoms with E-state index < -0.39 is 0 Å². The standard InChI is InChI=1S/C16H15N3O2.C12H17NOS.ClH/c1-12-16-15(18-10-17-12)14(8-20)7-19(16)11-21-9-13-5-3-2-4-6-13;14-12-7-13-6-11(12)9-15-8-10-4-2-1-3-5-10;/h2-8,10H,9,11H2,1H3;1-5,11-14H,6-9H2;1H/t;11-,12?;/m.1./s1. The molecule has 3 heterocycles. The van der Waals surface area contributed by atoms with Gasteiger partial charge >= 0.3 is 0 Å². The number of halogens is 1. The molecule has 2 N–H and O–H groups in total. The van der Waals surface area contributed by atoms with E-state index in [2.05, 4.69) is 39.6 Å². The number of hydrogen-bond acceptors (Lipinski definition) is 7. The van der Waals surface area contributed by atoms with Crippen LogP contribution in [0.15, 0.2) is 73.2 Å². The van der Waals surface area contributed by atoms with Gasteiger partial charge in [-0.1, -0.05) is 60.7 Å². The van der Waals surface area contributed by atoms with Crippen LogP contribution in [-0.2, 0) is 23.8 Å². The van der Waals surface area contributed by atoms with Gasteiger partial charge in [-0.05, 0) is 18.1 Å². The number of ether oxygens (including phenoxy) is 1. The van der Waals surface area contributed by atoms with Gasteiger partial charge in [-0.15, -0.1) is 12.4 Å². The van der Waals surface area contributed by atoms with Crippen LogP contribution in [0.4, 0.5) is 0 Å². The summed E-state index contributed by atoms with van der Waals surface area (Å²) in [6.45, 7) is 4.49. The van der Waals surface area contributed by atoms with Gasteiger partial charge in [0, 0.05) is 36.7 Å². The van der Waals surface area contributed by atoms with Crippen molar-refractivity contribution in [2.45, 2.75) is 32.1 Å². The number of carbonyl (C=O) groups excluding carboxylic acids is 1. The Morgan fingerprint density at radius 2 is 1.78 bits per heavy atom. The fourth-order valence-corrected chi connectivity index (χ4v) is 5.32. The van der Waals surface area contributed by atoms with Crippen LogP contribution in [0.1, 0.15) is 27.2 Å². The molecule has 37 heavy (non-hydrogen) atoms. The Morgan fingerprint density at radius 1 is 1.08 bits per heavy atom. The molecule has 1 aliphatic heterocycles. The third kappa shape index (κ3) is 8.12. The largest absolute Gasteiger partial charge is 0.391 e. The van der Waals surface area contributed by atoms with Crippen molar-refractivity contribution in [3.63, 3.8) is 0 Å². The molecule has 1 unspecified atom stereocenters. The monoisotopic (exact) mass is 540 g/mol. The number of nitrogens with zero attached hydrogens (tertiary/aromatic N) is 3. The van der Waals surface area contributed by atoms with Crippen molar-refractivity contribution in [1.82, 2.24) is 19.9 Å². The number of benzene rings is 2. The van der Waals surface area contributed by atoms with Gasteiger partial charge in [0.2, 0.25) is 0 Å². The molecule has 9 heteroatoms. The predicted octanol–water partition coefficient (Wildman–Crippen LogP) is 4.65. The molecule has 0 saturated carbocycles. The first kappa shape index (κ1) is 28.8. The molecule has 0 bridgehead atoms. The summed E-state index contributed by atoms with van der Waals surface area (Å²) in [5, 5.41) is 12.8. The highest BCUT2D eigenvalue weighted by atomic mass is 35.5. The number of aliphatic hydroxyl groups excluding tert-OH is 1. The number of aldehydes is 1. The number of fused-ring (bicyclic) bond motifs is 1. The molecule has 1 aliphatic rings. The highest BCUT2D eigenvalue weighted by Gasteiger charge is 2.24. The molecule has 1 saturated heterocycles. The molecule has 0 radical (unpaired) electrons. The van der Waals surface area contributed by atoms with E-state index in [4.69, 9.17) is 4.74 Å². The van der Waals surface area contributed by atoms with Crippen molar-refractivity contribution in [3.05, 3.63) is 95.6 Å². The number of aryl methyl sites for hydroxylation is 1. The molecule has 2 aromatic heterocycles. The lowest BCUT2D eigenvalue weighted by Crippen LogP contribution is -2.19. The number of hydrogen-bond donors (Lipinski definition) is 2. The van der Waals surface area contributed by atoms with Gasteiger partial charge in [-0.2, -0.15) is 11.8 Å². The summed E-state index contributed by atoms with van der Waals surface area (Å²) in [6.07, 6.45) is 3.89. The van der Waals surface area contributed by atoms with Crippen LogP contribution in [0, 0.1) is 12.8 Å². The first-order valence-electron chi connectivity index (χ1n) is 12.0. The Balaban J connectivity index is 0.000000211. The molecule has 2 aromatic carbocycles. The van der Waals surface area contributed by atoms with Gasteiger partial charge in [0.15, 0.2) is 6.29 Å². The van der Waals surface area contributed by atoms with Crippen LogP contribution in [0.5, 0.6) is 0 Å². The van der Waals surface area contributed by atoms with E-state index in [1.165, 1.54) is 11.9 Å². The summed E-state index contributed by atoms with van der Waals surface area (Å²) in [7, 11) is 0. The van der Waals surface area contributed by atoms with Crippen molar-refractivity contribution in [1.29, 1.82) is 0 Å². The minimum atomic E-state index is -0.145. The van der Waals surface area contributed by atoms with E-state index in [-0.39, 0.29) is 18.5 Å². The highest BCUT2D eigenvalue weighted by Crippen LogP contribution is 2.21. The number of nitrogens with one attached hydrogen (secondary N) is 1. The average molecular weight is 541 g/mol. The van der Waals surface area contributed by atoms with Gasteiger partial charge in [0.25, 0.3) is 0 Å². The number of aromatic nitrogens is 3. The zero-order chi connectivity index (χ0) is 25.2. The molecule has 0 amide bonds. The van der Waals surface area contributed by atoms with E-state index in [1.807, 2.05) is 59.7 Å². The lowest BCUT2D eigenvalue weighted by Gasteiger charge is -2.12. The SMILES string of the molecule is Cc1ncnc2c(C=O)cn(COCc3ccccc3)c12.Cl.OC1CNC[C@@H]1CSCc1ccccc1. The van der Waals surface area contributed by atoms with Crippen LogP contribution in [0.2, 0.25) is 0 Å². The van der Waals surface area contributed by atoms with Crippen LogP contribution in [0.3, 0.4) is 0 Å². The van der Waals surface area contributed by atoms with E-state index in [1.54, 1.807) is 6.20 Å². The molecule has 4 aromatic rings. The van der Waals surface area contributed by atoms with Crippen molar-refractivity contribution in [2.75, 3.05) is 18.8 Å². The van der Waals surface area contributed by atoms with Crippen LogP contribution < -0.4 is 5.32 Å².